The number of piperazine rings is 1. The van der Waals surface area contributed by atoms with Crippen molar-refractivity contribution in [1.82, 2.24) is 4.90 Å². The SMILES string of the molecule is CN1C(=O)CN(c2cccc(CS(=O)(=O)Cl)c2)CC1=O. The Balaban J connectivity index is 2.23. The number of halogens is 1. The molecule has 2 amide bonds. The topological polar surface area (TPSA) is 74.8 Å². The molecule has 0 spiro atoms. The molecular weight excluding hydrogens is 304 g/mol. The fourth-order valence-electron chi connectivity index (χ4n) is 1.96. The quantitative estimate of drug-likeness (QED) is 0.602. The monoisotopic (exact) mass is 316 g/mol. The van der Waals surface area contributed by atoms with Gasteiger partial charge in [0, 0.05) is 23.4 Å². The van der Waals surface area contributed by atoms with Crippen LogP contribution in [0.5, 0.6) is 0 Å². The third-order valence-corrected chi connectivity index (χ3v) is 4.02. The van der Waals surface area contributed by atoms with Gasteiger partial charge in [-0.05, 0) is 17.7 Å². The minimum atomic E-state index is -3.64. The van der Waals surface area contributed by atoms with Crippen molar-refractivity contribution in [2.24, 2.45) is 0 Å². The highest BCUT2D eigenvalue weighted by Crippen LogP contribution is 2.20. The summed E-state index contributed by atoms with van der Waals surface area (Å²) >= 11 is 0. The third-order valence-electron chi connectivity index (χ3n) is 3.02. The molecule has 0 bridgehead atoms. The molecule has 0 N–H and O–H groups in total. The average molecular weight is 317 g/mol. The van der Waals surface area contributed by atoms with E-state index in [1.54, 1.807) is 29.2 Å². The van der Waals surface area contributed by atoms with Crippen LogP contribution in [0.25, 0.3) is 0 Å². The number of amides is 2. The lowest BCUT2D eigenvalue weighted by Gasteiger charge is -2.32. The summed E-state index contributed by atoms with van der Waals surface area (Å²) in [5.74, 6) is -0.883. The van der Waals surface area contributed by atoms with E-state index in [1.165, 1.54) is 7.05 Å². The van der Waals surface area contributed by atoms with Crippen LogP contribution in [0.2, 0.25) is 0 Å². The first-order chi connectivity index (χ1) is 9.26. The van der Waals surface area contributed by atoms with Gasteiger partial charge in [0.2, 0.25) is 20.9 Å². The largest absolute Gasteiger partial charge is 0.353 e. The summed E-state index contributed by atoms with van der Waals surface area (Å²) < 4.78 is 22.1. The summed E-state index contributed by atoms with van der Waals surface area (Å²) in [7, 11) is 3.01. The molecule has 6 nitrogen and oxygen atoms in total. The summed E-state index contributed by atoms with van der Waals surface area (Å²) in [4.78, 5) is 26.0. The average Bonchev–Trinajstić information content (AvgIpc) is 2.33. The Labute approximate surface area is 121 Å². The predicted octanol–water partition coefficient (Wildman–Crippen LogP) is 0.560. The molecule has 0 aromatic heterocycles. The van der Waals surface area contributed by atoms with E-state index in [4.69, 9.17) is 10.7 Å². The van der Waals surface area contributed by atoms with E-state index in [1.807, 2.05) is 0 Å². The first-order valence-electron chi connectivity index (χ1n) is 5.82. The maximum Gasteiger partial charge on any atom is 0.248 e. The lowest BCUT2D eigenvalue weighted by molar-refractivity contribution is -0.143. The molecule has 1 aliphatic heterocycles. The minimum Gasteiger partial charge on any atom is -0.353 e. The Hall–Kier alpha value is -1.60. The van der Waals surface area contributed by atoms with E-state index < -0.39 is 9.05 Å². The zero-order valence-electron chi connectivity index (χ0n) is 10.7. The number of carbonyl (C=O) groups excluding carboxylic acids is 2. The van der Waals surface area contributed by atoms with E-state index in [-0.39, 0.29) is 30.7 Å². The van der Waals surface area contributed by atoms with Gasteiger partial charge in [0.05, 0.1) is 18.8 Å². The maximum absolute atomic E-state index is 11.6. The Morgan fingerprint density at radius 2 is 1.80 bits per heavy atom. The van der Waals surface area contributed by atoms with E-state index >= 15 is 0 Å². The first-order valence-corrected chi connectivity index (χ1v) is 8.30. The summed E-state index contributed by atoms with van der Waals surface area (Å²) in [6, 6.07) is 6.63. The summed E-state index contributed by atoms with van der Waals surface area (Å²) in [5, 5.41) is 0. The molecule has 1 aromatic rings. The fraction of sp³-hybridized carbons (Fsp3) is 0.333. The molecule has 108 valence electrons. The molecule has 1 aliphatic rings. The Morgan fingerprint density at radius 1 is 1.20 bits per heavy atom. The van der Waals surface area contributed by atoms with Crippen molar-refractivity contribution in [3.05, 3.63) is 29.8 Å². The normalized spacial score (nSPS) is 16.7. The number of hydrogen-bond donors (Lipinski definition) is 0. The van der Waals surface area contributed by atoms with Crippen LogP contribution in [0.1, 0.15) is 5.56 Å². The van der Waals surface area contributed by atoms with Gasteiger partial charge in [-0.2, -0.15) is 0 Å². The number of rotatable bonds is 3. The van der Waals surface area contributed by atoms with Crippen LogP contribution >= 0.6 is 10.7 Å². The molecule has 0 unspecified atom stereocenters. The van der Waals surface area contributed by atoms with Gasteiger partial charge in [-0.1, -0.05) is 12.1 Å². The zero-order chi connectivity index (χ0) is 14.9. The Kier molecular flexibility index (Phi) is 4.01. The lowest BCUT2D eigenvalue weighted by atomic mass is 10.2. The number of carbonyl (C=O) groups is 2. The highest BCUT2D eigenvalue weighted by Gasteiger charge is 2.28. The molecule has 20 heavy (non-hydrogen) atoms. The van der Waals surface area contributed by atoms with Crippen molar-refractivity contribution >= 4 is 37.2 Å². The van der Waals surface area contributed by atoms with Crippen LogP contribution in [-0.4, -0.2) is 45.3 Å². The molecule has 1 fully saturated rings. The predicted molar refractivity (Wildman–Crippen MR) is 74.9 cm³/mol. The zero-order valence-corrected chi connectivity index (χ0v) is 12.3. The van der Waals surface area contributed by atoms with Gasteiger partial charge >= 0.3 is 0 Å². The summed E-state index contributed by atoms with van der Waals surface area (Å²) in [5.41, 5.74) is 1.13. The number of likely N-dealkylation sites (N-methyl/N-ethyl adjacent to an activating group) is 1. The van der Waals surface area contributed by atoms with E-state index in [9.17, 15) is 18.0 Å². The highest BCUT2D eigenvalue weighted by molar-refractivity contribution is 8.13. The molecular formula is C12H13ClN2O4S. The molecule has 0 radical (unpaired) electrons. The van der Waals surface area contributed by atoms with Gasteiger partial charge < -0.3 is 4.90 Å². The Bertz CT molecular complexity index is 641. The summed E-state index contributed by atoms with van der Waals surface area (Å²) in [6.07, 6.45) is 0. The van der Waals surface area contributed by atoms with Crippen molar-refractivity contribution in [3.8, 4) is 0 Å². The summed E-state index contributed by atoms with van der Waals surface area (Å²) in [6.45, 7) is 0.165. The highest BCUT2D eigenvalue weighted by atomic mass is 35.7. The van der Waals surface area contributed by atoms with Gasteiger partial charge in [-0.25, -0.2) is 8.42 Å². The Morgan fingerprint density at radius 3 is 2.35 bits per heavy atom. The van der Waals surface area contributed by atoms with Crippen molar-refractivity contribution in [1.29, 1.82) is 0 Å². The van der Waals surface area contributed by atoms with Crippen molar-refractivity contribution in [2.75, 3.05) is 25.0 Å². The van der Waals surface area contributed by atoms with Crippen LogP contribution < -0.4 is 4.90 Å². The number of anilines is 1. The number of benzene rings is 1. The van der Waals surface area contributed by atoms with Crippen molar-refractivity contribution in [3.63, 3.8) is 0 Å². The van der Waals surface area contributed by atoms with Crippen LogP contribution in [0.15, 0.2) is 24.3 Å². The van der Waals surface area contributed by atoms with Crippen molar-refractivity contribution in [2.45, 2.75) is 5.75 Å². The molecule has 8 heteroatoms. The van der Waals surface area contributed by atoms with Crippen LogP contribution in [0.3, 0.4) is 0 Å². The fourth-order valence-corrected chi connectivity index (χ4v) is 2.91. The van der Waals surface area contributed by atoms with Crippen LogP contribution in [0.4, 0.5) is 5.69 Å². The minimum absolute atomic E-state index is 0.0827. The molecule has 1 aromatic carbocycles. The molecule has 0 aliphatic carbocycles. The molecule has 2 rings (SSSR count). The van der Waals surface area contributed by atoms with E-state index in [2.05, 4.69) is 0 Å². The van der Waals surface area contributed by atoms with E-state index in [0.29, 0.717) is 11.3 Å². The maximum atomic E-state index is 11.6. The molecule has 1 heterocycles. The molecule has 0 atom stereocenters. The number of imide groups is 1. The van der Waals surface area contributed by atoms with Crippen molar-refractivity contribution < 1.29 is 18.0 Å². The molecule has 1 saturated heterocycles. The first kappa shape index (κ1) is 14.8. The standard InChI is InChI=1S/C12H13ClN2O4S/c1-14-11(16)6-15(7-12(14)17)10-4-2-3-9(5-10)8-20(13,18)19/h2-5H,6-8H2,1H3. The third kappa shape index (κ3) is 3.49. The lowest BCUT2D eigenvalue weighted by Crippen LogP contribution is -2.52. The van der Waals surface area contributed by atoms with Crippen LogP contribution in [-0.2, 0) is 24.4 Å². The van der Waals surface area contributed by atoms with Gasteiger partial charge in [0.1, 0.15) is 0 Å². The second kappa shape index (κ2) is 5.41. The van der Waals surface area contributed by atoms with Gasteiger partial charge in [-0.15, -0.1) is 0 Å². The smallest absolute Gasteiger partial charge is 0.248 e. The van der Waals surface area contributed by atoms with Gasteiger partial charge in [-0.3, -0.25) is 14.5 Å². The number of nitrogens with zero attached hydrogens (tertiary/aromatic N) is 2. The van der Waals surface area contributed by atoms with E-state index in [0.717, 1.165) is 4.90 Å². The van der Waals surface area contributed by atoms with Gasteiger partial charge in [0.15, 0.2) is 0 Å². The number of hydrogen-bond acceptors (Lipinski definition) is 5. The van der Waals surface area contributed by atoms with Crippen LogP contribution in [0, 0.1) is 0 Å². The van der Waals surface area contributed by atoms with Gasteiger partial charge in [0.25, 0.3) is 0 Å². The second-order valence-electron chi connectivity index (χ2n) is 4.56. The molecule has 0 saturated carbocycles. The second-order valence-corrected chi connectivity index (χ2v) is 7.33.